The normalized spacial score (nSPS) is 10.3. The summed E-state index contributed by atoms with van der Waals surface area (Å²) in [6, 6.07) is 6.96. The second-order valence-electron chi connectivity index (χ2n) is 2.88. The van der Waals surface area contributed by atoms with Gasteiger partial charge < -0.3 is 4.98 Å². The highest BCUT2D eigenvalue weighted by atomic mass is 35.5. The minimum Gasteiger partial charge on any atom is -0.343 e. The third-order valence-electron chi connectivity index (χ3n) is 1.94. The Hall–Kier alpha value is -1.26. The molecule has 0 saturated heterocycles. The largest absolute Gasteiger partial charge is 0.343 e. The van der Waals surface area contributed by atoms with E-state index in [1.807, 2.05) is 0 Å². The van der Waals surface area contributed by atoms with Crippen molar-refractivity contribution >= 4 is 23.8 Å². The monoisotopic (exact) mass is 240 g/mol. The Morgan fingerprint density at radius 1 is 1.33 bits per heavy atom. The third kappa shape index (κ3) is 1.91. The van der Waals surface area contributed by atoms with E-state index in [4.69, 9.17) is 23.8 Å². The molecule has 1 aromatic heterocycles. The molecular formula is C10H6ClFN2S. The van der Waals surface area contributed by atoms with E-state index in [0.717, 1.165) is 0 Å². The molecular weight excluding hydrogens is 235 g/mol. The van der Waals surface area contributed by atoms with Crippen LogP contribution in [0.2, 0.25) is 5.02 Å². The van der Waals surface area contributed by atoms with E-state index in [-0.39, 0.29) is 10.3 Å². The molecule has 1 N–H and O–H groups in total. The lowest BCUT2D eigenvalue weighted by Crippen LogP contribution is -1.92. The van der Waals surface area contributed by atoms with E-state index in [9.17, 15) is 4.39 Å². The first kappa shape index (κ1) is 10.3. The van der Waals surface area contributed by atoms with Crippen molar-refractivity contribution in [3.8, 4) is 11.3 Å². The Labute approximate surface area is 95.8 Å². The van der Waals surface area contributed by atoms with Gasteiger partial charge in [0.15, 0.2) is 10.5 Å². The molecule has 0 atom stereocenters. The molecule has 5 heteroatoms. The quantitative estimate of drug-likeness (QED) is 0.772. The Balaban J connectivity index is 2.70. The van der Waals surface area contributed by atoms with Gasteiger partial charge in [-0.25, -0.2) is 9.37 Å². The zero-order valence-corrected chi connectivity index (χ0v) is 9.07. The molecule has 0 fully saturated rings. The van der Waals surface area contributed by atoms with Gasteiger partial charge >= 0.3 is 0 Å². The molecule has 0 saturated carbocycles. The average Bonchev–Trinajstić information content (AvgIpc) is 2.23. The summed E-state index contributed by atoms with van der Waals surface area (Å²) in [7, 11) is 0. The van der Waals surface area contributed by atoms with E-state index < -0.39 is 5.82 Å². The zero-order valence-electron chi connectivity index (χ0n) is 7.50. The zero-order chi connectivity index (χ0) is 10.8. The lowest BCUT2D eigenvalue weighted by atomic mass is 10.1. The van der Waals surface area contributed by atoms with Crippen LogP contribution in [0.1, 0.15) is 0 Å². The molecule has 0 aliphatic rings. The summed E-state index contributed by atoms with van der Waals surface area (Å²) in [5.74, 6) is -0.555. The van der Waals surface area contributed by atoms with Gasteiger partial charge in [0.25, 0.3) is 0 Å². The first-order valence-corrected chi connectivity index (χ1v) is 4.97. The molecule has 0 aliphatic carbocycles. The molecule has 0 spiro atoms. The van der Waals surface area contributed by atoms with Crippen molar-refractivity contribution in [3.63, 3.8) is 0 Å². The van der Waals surface area contributed by atoms with Crippen LogP contribution in [0.15, 0.2) is 30.6 Å². The third-order valence-corrected chi connectivity index (χ3v) is 2.56. The number of nitrogens with zero attached hydrogens (tertiary/aromatic N) is 1. The summed E-state index contributed by atoms with van der Waals surface area (Å²) >= 11 is 10.7. The molecule has 0 radical (unpaired) electrons. The van der Waals surface area contributed by atoms with Crippen molar-refractivity contribution in [3.05, 3.63) is 46.1 Å². The molecule has 2 rings (SSSR count). The molecule has 0 unspecified atom stereocenters. The van der Waals surface area contributed by atoms with Crippen LogP contribution < -0.4 is 0 Å². The number of hydrogen-bond acceptors (Lipinski definition) is 2. The molecule has 2 aromatic rings. The predicted octanol–water partition coefficient (Wildman–Crippen LogP) is 3.60. The maximum Gasteiger partial charge on any atom is 0.183 e. The van der Waals surface area contributed by atoms with Gasteiger partial charge in [-0.05, 0) is 6.07 Å². The number of hydrogen-bond donors (Lipinski definition) is 1. The van der Waals surface area contributed by atoms with Crippen molar-refractivity contribution in [2.24, 2.45) is 0 Å². The van der Waals surface area contributed by atoms with Gasteiger partial charge in [-0.2, -0.15) is 0 Å². The Morgan fingerprint density at radius 2 is 2.07 bits per heavy atom. The summed E-state index contributed by atoms with van der Waals surface area (Å²) in [6.45, 7) is 0. The van der Waals surface area contributed by atoms with Crippen LogP contribution in [-0.2, 0) is 0 Å². The molecule has 2 nitrogen and oxygen atoms in total. The molecule has 0 bridgehead atoms. The first-order chi connectivity index (χ1) is 7.20. The maximum atomic E-state index is 13.6. The maximum absolute atomic E-state index is 13.6. The van der Waals surface area contributed by atoms with Crippen LogP contribution in [0.3, 0.4) is 0 Å². The van der Waals surface area contributed by atoms with Crippen LogP contribution in [0.4, 0.5) is 4.39 Å². The highest BCUT2D eigenvalue weighted by molar-refractivity contribution is 7.71. The summed E-state index contributed by atoms with van der Waals surface area (Å²) in [6.07, 6.45) is 1.35. The molecule has 1 heterocycles. The number of aromatic nitrogens is 2. The molecule has 1 aromatic carbocycles. The van der Waals surface area contributed by atoms with Gasteiger partial charge in [-0.3, -0.25) is 0 Å². The minimum absolute atomic E-state index is 0.0660. The van der Waals surface area contributed by atoms with Crippen molar-refractivity contribution in [2.75, 3.05) is 0 Å². The minimum atomic E-state index is -0.555. The smallest absolute Gasteiger partial charge is 0.183 e. The van der Waals surface area contributed by atoms with E-state index in [1.165, 1.54) is 6.33 Å². The topological polar surface area (TPSA) is 28.7 Å². The second-order valence-corrected chi connectivity index (χ2v) is 3.67. The van der Waals surface area contributed by atoms with E-state index >= 15 is 0 Å². The summed E-state index contributed by atoms with van der Waals surface area (Å²) in [4.78, 5) is 6.33. The van der Waals surface area contributed by atoms with Gasteiger partial charge in [0.05, 0.1) is 12.0 Å². The van der Waals surface area contributed by atoms with E-state index in [2.05, 4.69) is 9.97 Å². The van der Waals surface area contributed by atoms with Crippen LogP contribution in [0, 0.1) is 10.5 Å². The standard InChI is InChI=1S/C10H6ClFN2S/c11-7-4-2-1-3-6(7)9-8(12)10(15)14-5-13-9/h1-5H,(H,13,14,15). The van der Waals surface area contributed by atoms with Crippen molar-refractivity contribution in [2.45, 2.75) is 0 Å². The highest BCUT2D eigenvalue weighted by Crippen LogP contribution is 2.27. The number of aromatic amines is 1. The lowest BCUT2D eigenvalue weighted by molar-refractivity contribution is 0.613. The number of H-pyrrole nitrogens is 1. The fourth-order valence-electron chi connectivity index (χ4n) is 1.24. The van der Waals surface area contributed by atoms with Gasteiger partial charge in [0.1, 0.15) is 0 Å². The lowest BCUT2D eigenvalue weighted by Gasteiger charge is -2.04. The van der Waals surface area contributed by atoms with Gasteiger partial charge in [-0.15, -0.1) is 0 Å². The van der Waals surface area contributed by atoms with Crippen LogP contribution in [0.5, 0.6) is 0 Å². The number of nitrogens with one attached hydrogen (secondary N) is 1. The second kappa shape index (κ2) is 4.08. The Morgan fingerprint density at radius 3 is 2.80 bits per heavy atom. The Bertz CT molecular complexity index is 553. The van der Waals surface area contributed by atoms with Gasteiger partial charge in [-0.1, -0.05) is 42.0 Å². The van der Waals surface area contributed by atoms with Crippen molar-refractivity contribution in [1.29, 1.82) is 0 Å². The molecule has 0 amide bonds. The number of benzene rings is 1. The fourth-order valence-corrected chi connectivity index (χ4v) is 1.63. The molecule has 76 valence electrons. The fraction of sp³-hybridized carbons (Fsp3) is 0. The summed E-state index contributed by atoms with van der Waals surface area (Å²) in [5.41, 5.74) is 0.839. The Kier molecular flexibility index (Phi) is 2.79. The molecule has 0 aliphatic heterocycles. The summed E-state index contributed by atoms with van der Waals surface area (Å²) in [5, 5.41) is 0.466. The van der Waals surface area contributed by atoms with Gasteiger partial charge in [0.2, 0.25) is 0 Å². The van der Waals surface area contributed by atoms with Crippen LogP contribution in [-0.4, -0.2) is 9.97 Å². The first-order valence-electron chi connectivity index (χ1n) is 4.18. The predicted molar refractivity (Wildman–Crippen MR) is 59.8 cm³/mol. The molecule has 15 heavy (non-hydrogen) atoms. The average molecular weight is 241 g/mol. The van der Waals surface area contributed by atoms with E-state index in [0.29, 0.717) is 10.6 Å². The van der Waals surface area contributed by atoms with Crippen LogP contribution in [0.25, 0.3) is 11.3 Å². The van der Waals surface area contributed by atoms with Crippen molar-refractivity contribution in [1.82, 2.24) is 9.97 Å². The van der Waals surface area contributed by atoms with E-state index in [1.54, 1.807) is 24.3 Å². The number of halogens is 2. The number of rotatable bonds is 1. The van der Waals surface area contributed by atoms with Crippen LogP contribution >= 0.6 is 23.8 Å². The SMILES string of the molecule is Fc1c(-c2ccccc2Cl)[nH]cnc1=S. The van der Waals surface area contributed by atoms with Gasteiger partial charge in [0, 0.05) is 10.6 Å². The summed E-state index contributed by atoms with van der Waals surface area (Å²) < 4.78 is 13.5. The van der Waals surface area contributed by atoms with Crippen molar-refractivity contribution < 1.29 is 4.39 Å². The highest BCUT2D eigenvalue weighted by Gasteiger charge is 2.09.